The van der Waals surface area contributed by atoms with Gasteiger partial charge in [-0.05, 0) is 34.1 Å². The van der Waals surface area contributed by atoms with Gasteiger partial charge in [0.15, 0.2) is 5.79 Å². The number of hydrogen-bond acceptors (Lipinski definition) is 6. The van der Waals surface area contributed by atoms with Gasteiger partial charge < -0.3 is 18.9 Å². The van der Waals surface area contributed by atoms with Crippen molar-refractivity contribution in [2.45, 2.75) is 84.6 Å². The van der Waals surface area contributed by atoms with Crippen LogP contribution >= 0.6 is 0 Å². The average molecular weight is 302 g/mol. The molecule has 1 aliphatic heterocycles. The van der Waals surface area contributed by atoms with E-state index in [-0.39, 0.29) is 12.2 Å². The predicted octanol–water partition coefficient (Wildman–Crippen LogP) is 2.19. The van der Waals surface area contributed by atoms with Gasteiger partial charge in [-0.2, -0.15) is 0 Å². The van der Waals surface area contributed by atoms with Crippen LogP contribution in [0.2, 0.25) is 0 Å². The highest BCUT2D eigenvalue weighted by atomic mass is 16.7. The molecule has 0 aromatic heterocycles. The van der Waals surface area contributed by atoms with Gasteiger partial charge in [0.2, 0.25) is 0 Å². The Morgan fingerprint density at radius 2 is 1.76 bits per heavy atom. The van der Waals surface area contributed by atoms with Crippen LogP contribution < -0.4 is 0 Å². The summed E-state index contributed by atoms with van der Waals surface area (Å²) in [6, 6.07) is 0. The normalized spacial score (nSPS) is 27.5. The van der Waals surface area contributed by atoms with E-state index in [0.717, 1.165) is 0 Å². The quantitative estimate of drug-likeness (QED) is 0.725. The van der Waals surface area contributed by atoms with Crippen molar-refractivity contribution in [3.05, 3.63) is 0 Å². The Balaban J connectivity index is 2.71. The molecular weight excluding hydrogens is 276 g/mol. The fourth-order valence-corrected chi connectivity index (χ4v) is 2.67. The summed E-state index contributed by atoms with van der Waals surface area (Å²) in [4.78, 5) is 22.3. The molecule has 0 aromatic carbocycles. The van der Waals surface area contributed by atoms with Crippen LogP contribution in [0.1, 0.15) is 54.4 Å². The monoisotopic (exact) mass is 302 g/mol. The molecule has 6 nitrogen and oxygen atoms in total. The minimum Gasteiger partial charge on any atom is -0.459 e. The van der Waals surface area contributed by atoms with Crippen LogP contribution in [0.3, 0.4) is 0 Å². The average Bonchev–Trinajstić information content (AvgIpc) is 2.23. The van der Waals surface area contributed by atoms with Crippen molar-refractivity contribution in [1.29, 1.82) is 0 Å². The second-order valence-corrected chi connectivity index (χ2v) is 6.00. The highest BCUT2D eigenvalue weighted by molar-refractivity contribution is 5.67. The van der Waals surface area contributed by atoms with Crippen molar-refractivity contribution in [3.63, 3.8) is 0 Å². The molecule has 0 radical (unpaired) electrons. The molecule has 6 heteroatoms. The molecule has 0 aromatic rings. The Morgan fingerprint density at radius 3 is 2.24 bits per heavy atom. The van der Waals surface area contributed by atoms with E-state index in [2.05, 4.69) is 0 Å². The maximum absolute atomic E-state index is 11.2. The summed E-state index contributed by atoms with van der Waals surface area (Å²) in [5.41, 5.74) is 0. The molecule has 21 heavy (non-hydrogen) atoms. The number of ether oxygens (including phenoxy) is 4. The van der Waals surface area contributed by atoms with Crippen LogP contribution in [-0.4, -0.2) is 42.1 Å². The van der Waals surface area contributed by atoms with Crippen molar-refractivity contribution < 1.29 is 28.5 Å². The molecule has 1 aliphatic rings. The fraction of sp³-hybridized carbons (Fsp3) is 0.867. The van der Waals surface area contributed by atoms with E-state index in [0.29, 0.717) is 12.8 Å². The summed E-state index contributed by atoms with van der Waals surface area (Å²) in [5.74, 6) is -1.48. The van der Waals surface area contributed by atoms with E-state index in [1.807, 2.05) is 20.8 Å². The first-order valence-electron chi connectivity index (χ1n) is 7.29. The highest BCUT2D eigenvalue weighted by Gasteiger charge is 2.36. The van der Waals surface area contributed by atoms with Crippen molar-refractivity contribution >= 4 is 11.9 Å². The molecule has 1 fully saturated rings. The maximum Gasteiger partial charge on any atom is 0.303 e. The van der Waals surface area contributed by atoms with E-state index in [1.165, 1.54) is 13.8 Å². The molecular formula is C15H26O6. The number of hydrogen-bond donors (Lipinski definition) is 0. The topological polar surface area (TPSA) is 71.1 Å². The first-order chi connectivity index (χ1) is 9.59. The Kier molecular flexibility index (Phi) is 6.16. The molecule has 122 valence electrons. The Bertz CT molecular complexity index is 378. The minimum atomic E-state index is -0.673. The van der Waals surface area contributed by atoms with Gasteiger partial charge in [0.25, 0.3) is 0 Å². The van der Waals surface area contributed by atoms with E-state index >= 15 is 0 Å². The van der Waals surface area contributed by atoms with Crippen LogP contribution in [-0.2, 0) is 28.5 Å². The minimum absolute atomic E-state index is 0.0563. The van der Waals surface area contributed by atoms with Gasteiger partial charge in [0.05, 0.1) is 12.2 Å². The summed E-state index contributed by atoms with van der Waals surface area (Å²) in [5, 5.41) is 0. The van der Waals surface area contributed by atoms with Gasteiger partial charge in [-0.25, -0.2) is 0 Å². The first kappa shape index (κ1) is 17.9. The second kappa shape index (κ2) is 7.22. The van der Waals surface area contributed by atoms with Crippen molar-refractivity contribution in [3.8, 4) is 0 Å². The standard InChI is InChI=1S/C15H26O6/c1-9-7-13(21-15(5,6)20-9)8-14(19-12(4)17)10(2)18-11(3)16/h9-10,13-14H,7-8H2,1-6H3/t9-,10+,13-,14+/m1/s1. The van der Waals surface area contributed by atoms with Crippen LogP contribution in [0.15, 0.2) is 0 Å². The van der Waals surface area contributed by atoms with Gasteiger partial charge in [-0.1, -0.05) is 0 Å². The second-order valence-electron chi connectivity index (χ2n) is 6.00. The van der Waals surface area contributed by atoms with Crippen LogP contribution in [0.4, 0.5) is 0 Å². The smallest absolute Gasteiger partial charge is 0.303 e. The van der Waals surface area contributed by atoms with Crippen LogP contribution in [0.25, 0.3) is 0 Å². The third-order valence-electron chi connectivity index (χ3n) is 3.22. The highest BCUT2D eigenvalue weighted by Crippen LogP contribution is 2.29. The molecule has 0 aliphatic carbocycles. The zero-order chi connectivity index (χ0) is 16.2. The van der Waals surface area contributed by atoms with E-state index in [9.17, 15) is 9.59 Å². The van der Waals surface area contributed by atoms with Crippen molar-refractivity contribution in [1.82, 2.24) is 0 Å². The molecule has 0 amide bonds. The molecule has 0 saturated carbocycles. The lowest BCUT2D eigenvalue weighted by atomic mass is 10.0. The van der Waals surface area contributed by atoms with E-state index < -0.39 is 29.9 Å². The van der Waals surface area contributed by atoms with Crippen LogP contribution in [0, 0.1) is 0 Å². The first-order valence-corrected chi connectivity index (χ1v) is 7.29. The molecule has 0 bridgehead atoms. The lowest BCUT2D eigenvalue weighted by Crippen LogP contribution is -2.46. The van der Waals surface area contributed by atoms with E-state index in [4.69, 9.17) is 18.9 Å². The number of rotatable bonds is 5. The van der Waals surface area contributed by atoms with Gasteiger partial charge >= 0.3 is 11.9 Å². The third-order valence-corrected chi connectivity index (χ3v) is 3.22. The Morgan fingerprint density at radius 1 is 1.19 bits per heavy atom. The van der Waals surface area contributed by atoms with Gasteiger partial charge in [0.1, 0.15) is 12.2 Å². The molecule has 0 spiro atoms. The molecule has 1 saturated heterocycles. The van der Waals surface area contributed by atoms with Crippen LogP contribution in [0.5, 0.6) is 0 Å². The molecule has 1 rings (SSSR count). The number of esters is 2. The fourth-order valence-electron chi connectivity index (χ4n) is 2.67. The summed E-state index contributed by atoms with van der Waals surface area (Å²) in [6.07, 6.45) is 0.0553. The molecule has 1 heterocycles. The summed E-state index contributed by atoms with van der Waals surface area (Å²) < 4.78 is 21.9. The summed E-state index contributed by atoms with van der Waals surface area (Å²) in [7, 11) is 0. The predicted molar refractivity (Wildman–Crippen MR) is 75.5 cm³/mol. The molecule has 0 N–H and O–H groups in total. The number of carbonyl (C=O) groups is 2. The maximum atomic E-state index is 11.2. The largest absolute Gasteiger partial charge is 0.459 e. The summed E-state index contributed by atoms with van der Waals surface area (Å²) >= 11 is 0. The summed E-state index contributed by atoms with van der Waals surface area (Å²) in [6.45, 7) is 10.1. The Hall–Kier alpha value is -1.14. The van der Waals surface area contributed by atoms with Gasteiger partial charge in [-0.15, -0.1) is 0 Å². The van der Waals surface area contributed by atoms with Gasteiger partial charge in [-0.3, -0.25) is 9.59 Å². The lowest BCUT2D eigenvalue weighted by molar-refractivity contribution is -0.300. The third kappa shape index (κ3) is 6.44. The Labute approximate surface area is 126 Å². The number of carbonyl (C=O) groups excluding carboxylic acids is 2. The zero-order valence-electron chi connectivity index (χ0n) is 13.7. The zero-order valence-corrected chi connectivity index (χ0v) is 13.7. The SMILES string of the molecule is CC(=O)O[C@@H](C)[C@H](C[C@H]1C[C@@H](C)OC(C)(C)O1)OC(C)=O. The van der Waals surface area contributed by atoms with Gasteiger partial charge in [0, 0.05) is 20.3 Å². The molecule has 0 unspecified atom stereocenters. The van der Waals surface area contributed by atoms with E-state index in [1.54, 1.807) is 6.92 Å². The van der Waals surface area contributed by atoms with Crippen molar-refractivity contribution in [2.24, 2.45) is 0 Å². The molecule has 4 atom stereocenters. The van der Waals surface area contributed by atoms with Crippen molar-refractivity contribution in [2.75, 3.05) is 0 Å². The lowest BCUT2D eigenvalue weighted by Gasteiger charge is -2.41.